The zero-order valence-electron chi connectivity index (χ0n) is 25.0. The molecular weight excluding hydrogens is 569 g/mol. The third-order valence-electron chi connectivity index (χ3n) is 7.80. The largest absolute Gasteiger partial charge is 0.416 e. The molecule has 0 aliphatic carbocycles. The molecule has 0 radical (unpaired) electrons. The van der Waals surface area contributed by atoms with Crippen LogP contribution in [0.4, 0.5) is 13.2 Å². The lowest BCUT2D eigenvalue weighted by Gasteiger charge is -2.34. The summed E-state index contributed by atoms with van der Waals surface area (Å²) < 4.78 is 44.1. The minimum absolute atomic E-state index is 0.0640. The fraction of sp³-hybridized carbons (Fsp3) is 0.364. The lowest BCUT2D eigenvalue weighted by atomic mass is 9.96. The number of hydrogen-bond donors (Lipinski definition) is 2. The minimum Gasteiger partial charge on any atom is -0.395 e. The van der Waals surface area contributed by atoms with E-state index < -0.39 is 11.7 Å². The van der Waals surface area contributed by atoms with Crippen LogP contribution >= 0.6 is 0 Å². The number of aromatic amines is 1. The highest BCUT2D eigenvalue weighted by molar-refractivity contribution is 5.98. The van der Waals surface area contributed by atoms with Gasteiger partial charge in [-0.1, -0.05) is 30.2 Å². The van der Waals surface area contributed by atoms with Crippen LogP contribution < -0.4 is 0 Å². The average Bonchev–Trinajstić information content (AvgIpc) is 3.58. The van der Waals surface area contributed by atoms with Gasteiger partial charge in [0.2, 0.25) is 0 Å². The number of benzene rings is 2. The van der Waals surface area contributed by atoms with Crippen molar-refractivity contribution in [3.8, 4) is 23.5 Å². The van der Waals surface area contributed by atoms with Crippen LogP contribution in [-0.4, -0.2) is 79.5 Å². The standard InChI is InChI=1S/C33H35F3N6O2/c1-22-4-6-26(18-25(22)8-9-28-21-40(3)32(39-28)31-37-19-23(2)38-31)30(44)17-24-5-7-27(29(16-24)33(34,35)36)20-42-12-10-41(11-13-42)14-15-43/h4-7,16,18-19,21,43H,10-15,17,20H2,1-3H3,(H,37,38). The Morgan fingerprint density at radius 1 is 1.05 bits per heavy atom. The maximum Gasteiger partial charge on any atom is 0.416 e. The van der Waals surface area contributed by atoms with Gasteiger partial charge in [0.05, 0.1) is 12.2 Å². The van der Waals surface area contributed by atoms with E-state index in [2.05, 4.69) is 31.7 Å². The van der Waals surface area contributed by atoms with Gasteiger partial charge >= 0.3 is 6.18 Å². The highest BCUT2D eigenvalue weighted by Crippen LogP contribution is 2.34. The number of halogens is 3. The number of ketones is 1. The number of nitrogens with one attached hydrogen (secondary N) is 1. The number of aryl methyl sites for hydroxylation is 3. The van der Waals surface area contributed by atoms with Gasteiger partial charge in [-0.2, -0.15) is 13.2 Å². The Morgan fingerprint density at radius 2 is 1.80 bits per heavy atom. The molecule has 1 aliphatic rings. The predicted octanol–water partition coefficient (Wildman–Crippen LogP) is 4.38. The molecule has 4 aromatic rings. The fourth-order valence-electron chi connectivity index (χ4n) is 5.31. The summed E-state index contributed by atoms with van der Waals surface area (Å²) in [6.45, 7) is 7.25. The first kappa shape index (κ1) is 31.2. The first-order valence-electron chi connectivity index (χ1n) is 14.5. The molecule has 1 aliphatic heterocycles. The quantitative estimate of drug-likeness (QED) is 0.229. The smallest absolute Gasteiger partial charge is 0.395 e. The molecule has 0 amide bonds. The molecule has 2 N–H and O–H groups in total. The number of β-amino-alcohol motifs (C(OH)–C–C–N with tert-alkyl or cyclic N) is 1. The third kappa shape index (κ3) is 7.45. The molecule has 1 saturated heterocycles. The summed E-state index contributed by atoms with van der Waals surface area (Å²) in [4.78, 5) is 29.3. The van der Waals surface area contributed by atoms with Crippen LogP contribution in [0, 0.1) is 25.7 Å². The van der Waals surface area contributed by atoms with Crippen LogP contribution in [0.2, 0.25) is 0 Å². The van der Waals surface area contributed by atoms with Gasteiger partial charge in [-0.3, -0.25) is 14.6 Å². The molecular formula is C33H35F3N6O2. The lowest BCUT2D eigenvalue weighted by molar-refractivity contribution is -0.138. The van der Waals surface area contributed by atoms with Gasteiger partial charge in [-0.25, -0.2) is 9.97 Å². The topological polar surface area (TPSA) is 90.3 Å². The Balaban J connectivity index is 1.30. The molecule has 0 saturated carbocycles. The maximum absolute atomic E-state index is 14.1. The van der Waals surface area contributed by atoms with Crippen LogP contribution in [0.5, 0.6) is 0 Å². The summed E-state index contributed by atoms with van der Waals surface area (Å²) in [5, 5.41) is 9.13. The Hall–Kier alpha value is -4.24. The zero-order chi connectivity index (χ0) is 31.4. The number of imidazole rings is 2. The molecule has 1 fully saturated rings. The molecule has 11 heteroatoms. The van der Waals surface area contributed by atoms with E-state index in [1.54, 1.807) is 36.7 Å². The lowest BCUT2D eigenvalue weighted by Crippen LogP contribution is -2.46. The summed E-state index contributed by atoms with van der Waals surface area (Å²) in [7, 11) is 1.85. The second kappa shape index (κ2) is 13.2. The highest BCUT2D eigenvalue weighted by Gasteiger charge is 2.34. The molecule has 44 heavy (non-hydrogen) atoms. The molecule has 2 aromatic heterocycles. The van der Waals surface area contributed by atoms with Gasteiger partial charge < -0.3 is 14.7 Å². The Morgan fingerprint density at radius 3 is 2.48 bits per heavy atom. The zero-order valence-corrected chi connectivity index (χ0v) is 25.0. The second-order valence-electron chi connectivity index (χ2n) is 11.2. The van der Waals surface area contributed by atoms with E-state index >= 15 is 0 Å². The Bertz CT molecular complexity index is 1700. The molecule has 3 heterocycles. The summed E-state index contributed by atoms with van der Waals surface area (Å²) >= 11 is 0. The van der Waals surface area contributed by atoms with Crippen molar-refractivity contribution in [2.24, 2.45) is 7.05 Å². The van der Waals surface area contributed by atoms with Crippen LogP contribution in [0.3, 0.4) is 0 Å². The van der Waals surface area contributed by atoms with Crippen molar-refractivity contribution in [3.63, 3.8) is 0 Å². The molecule has 8 nitrogen and oxygen atoms in total. The first-order chi connectivity index (χ1) is 21.0. The number of alkyl halides is 3. The summed E-state index contributed by atoms with van der Waals surface area (Å²) in [6, 6.07) is 9.35. The van der Waals surface area contributed by atoms with Crippen LogP contribution in [0.25, 0.3) is 11.6 Å². The van der Waals surface area contributed by atoms with Crippen molar-refractivity contribution in [2.75, 3.05) is 39.3 Å². The van der Waals surface area contributed by atoms with Gasteiger partial charge in [0.1, 0.15) is 5.69 Å². The number of carbonyl (C=O) groups excluding carboxylic acids is 1. The van der Waals surface area contributed by atoms with Gasteiger partial charge in [-0.15, -0.1) is 0 Å². The van der Waals surface area contributed by atoms with Crippen molar-refractivity contribution in [3.05, 3.63) is 93.6 Å². The number of carbonyl (C=O) groups is 1. The van der Waals surface area contributed by atoms with Crippen molar-refractivity contribution in [1.29, 1.82) is 0 Å². The number of Topliss-reactive ketones (excluding diaryl/α,β-unsaturated/α-hetero) is 1. The van der Waals surface area contributed by atoms with Crippen LogP contribution in [-0.2, 0) is 26.2 Å². The third-order valence-corrected chi connectivity index (χ3v) is 7.80. The molecule has 0 unspecified atom stereocenters. The van der Waals surface area contributed by atoms with Crippen molar-refractivity contribution >= 4 is 5.78 Å². The Labute approximate surface area is 254 Å². The fourth-order valence-corrected chi connectivity index (χ4v) is 5.31. The number of aliphatic hydroxyl groups excluding tert-OH is 1. The monoisotopic (exact) mass is 604 g/mol. The molecule has 0 bridgehead atoms. The van der Waals surface area contributed by atoms with Gasteiger partial charge in [-0.05, 0) is 48.6 Å². The number of rotatable bonds is 8. The summed E-state index contributed by atoms with van der Waals surface area (Å²) in [5.41, 5.74) is 3.14. The summed E-state index contributed by atoms with van der Waals surface area (Å²) in [6.07, 6.45) is -1.18. The number of aliphatic hydroxyl groups is 1. The Kier molecular flexibility index (Phi) is 9.34. The highest BCUT2D eigenvalue weighted by atomic mass is 19.4. The van der Waals surface area contributed by atoms with Crippen molar-refractivity contribution in [2.45, 2.75) is 33.0 Å². The SMILES string of the molecule is Cc1cnc(-c2nc(C#Cc3cc(C(=O)Cc4ccc(CN5CCN(CCO)CC5)c(C(F)(F)F)c4)ccc3C)cn2C)[nH]1. The van der Waals surface area contributed by atoms with E-state index in [0.717, 1.165) is 17.3 Å². The average molecular weight is 605 g/mol. The van der Waals surface area contributed by atoms with E-state index in [0.29, 0.717) is 66.8 Å². The second-order valence-corrected chi connectivity index (χ2v) is 11.2. The maximum atomic E-state index is 14.1. The predicted molar refractivity (Wildman–Crippen MR) is 161 cm³/mol. The van der Waals surface area contributed by atoms with Crippen molar-refractivity contribution in [1.82, 2.24) is 29.3 Å². The van der Waals surface area contributed by atoms with E-state index in [1.165, 1.54) is 6.07 Å². The molecule has 0 atom stereocenters. The number of hydrogen-bond acceptors (Lipinski definition) is 6. The van der Waals surface area contributed by atoms with Crippen molar-refractivity contribution < 1.29 is 23.1 Å². The number of H-pyrrole nitrogens is 1. The first-order valence-corrected chi connectivity index (χ1v) is 14.5. The number of nitrogens with zero attached hydrogens (tertiary/aromatic N) is 5. The normalized spacial score (nSPS) is 14.4. The van der Waals surface area contributed by atoms with Crippen LogP contribution in [0.1, 0.15) is 49.6 Å². The molecule has 5 rings (SSSR count). The van der Waals surface area contributed by atoms with E-state index in [4.69, 9.17) is 5.11 Å². The minimum atomic E-state index is -4.54. The molecule has 2 aromatic carbocycles. The van der Waals surface area contributed by atoms with Gasteiger partial charge in [0.15, 0.2) is 17.4 Å². The van der Waals surface area contributed by atoms with E-state index in [-0.39, 0.29) is 30.9 Å². The number of piperazine rings is 1. The van der Waals surface area contributed by atoms with Crippen LogP contribution in [0.15, 0.2) is 48.8 Å². The van der Waals surface area contributed by atoms with E-state index in [9.17, 15) is 18.0 Å². The van der Waals surface area contributed by atoms with Gasteiger partial charge in [0, 0.05) is 82.0 Å². The molecule has 230 valence electrons. The van der Waals surface area contributed by atoms with Gasteiger partial charge in [0.25, 0.3) is 0 Å². The number of aromatic nitrogens is 4. The van der Waals surface area contributed by atoms with E-state index in [1.807, 2.05) is 30.4 Å². The molecule has 0 spiro atoms. The summed E-state index contributed by atoms with van der Waals surface area (Å²) in [5.74, 6) is 7.14.